The van der Waals surface area contributed by atoms with Gasteiger partial charge in [0.25, 0.3) is 0 Å². The summed E-state index contributed by atoms with van der Waals surface area (Å²) in [4.78, 5) is 12.1. The molecule has 0 saturated heterocycles. The van der Waals surface area contributed by atoms with Gasteiger partial charge in [-0.25, -0.2) is 0 Å². The Morgan fingerprint density at radius 3 is 2.41 bits per heavy atom. The Morgan fingerprint density at radius 2 is 1.82 bits per heavy atom. The third-order valence-corrected chi connectivity index (χ3v) is 4.70. The first kappa shape index (κ1) is 16.8. The molecule has 122 valence electrons. The summed E-state index contributed by atoms with van der Waals surface area (Å²) >= 11 is 0. The van der Waals surface area contributed by atoms with E-state index < -0.39 is 11.7 Å². The lowest BCUT2D eigenvalue weighted by Crippen LogP contribution is -2.44. The molecule has 1 amide bonds. The lowest BCUT2D eigenvalue weighted by atomic mass is 9.78. The van der Waals surface area contributed by atoms with Crippen molar-refractivity contribution in [2.24, 2.45) is 11.8 Å². The highest BCUT2D eigenvalue weighted by Crippen LogP contribution is 2.30. The van der Waals surface area contributed by atoms with E-state index in [1.54, 1.807) is 0 Å². The van der Waals surface area contributed by atoms with Gasteiger partial charge in [0, 0.05) is 6.04 Å². The molecule has 3 unspecified atom stereocenters. The molecule has 3 atom stereocenters. The lowest BCUT2D eigenvalue weighted by molar-refractivity contribution is -0.137. The van der Waals surface area contributed by atoms with E-state index in [-0.39, 0.29) is 18.4 Å². The third-order valence-electron chi connectivity index (χ3n) is 4.70. The number of nitrogens with one attached hydrogen (secondary N) is 1. The van der Waals surface area contributed by atoms with E-state index in [1.807, 2.05) is 0 Å². The molecule has 1 aliphatic carbocycles. The van der Waals surface area contributed by atoms with Gasteiger partial charge in [0.15, 0.2) is 0 Å². The standard InChI is InChI=1S/C17H22F3NO/c1-11-4-3-5-15(12(11)2)21-16(22)10-13-6-8-14(9-7-13)17(18,19)20/h6-9,11-12,15H,3-5,10H2,1-2H3,(H,21,22). The molecule has 5 heteroatoms. The number of carbonyl (C=O) groups is 1. The van der Waals surface area contributed by atoms with Gasteiger partial charge in [0.1, 0.15) is 0 Å². The summed E-state index contributed by atoms with van der Waals surface area (Å²) in [5.74, 6) is 0.904. The quantitative estimate of drug-likeness (QED) is 0.891. The van der Waals surface area contributed by atoms with Crippen molar-refractivity contribution in [3.8, 4) is 0 Å². The Labute approximate surface area is 129 Å². The summed E-state index contributed by atoms with van der Waals surface area (Å²) in [5.41, 5.74) is -0.0894. The van der Waals surface area contributed by atoms with E-state index in [1.165, 1.54) is 18.6 Å². The van der Waals surface area contributed by atoms with E-state index in [0.717, 1.165) is 25.0 Å². The summed E-state index contributed by atoms with van der Waals surface area (Å²) in [6.45, 7) is 4.34. The maximum Gasteiger partial charge on any atom is 0.416 e. The Balaban J connectivity index is 1.92. The van der Waals surface area contributed by atoms with E-state index in [9.17, 15) is 18.0 Å². The molecule has 2 nitrogen and oxygen atoms in total. The van der Waals surface area contributed by atoms with Gasteiger partial charge in [-0.15, -0.1) is 0 Å². The molecule has 22 heavy (non-hydrogen) atoms. The average molecular weight is 313 g/mol. The minimum atomic E-state index is -4.34. The van der Waals surface area contributed by atoms with Crippen molar-refractivity contribution in [3.63, 3.8) is 0 Å². The van der Waals surface area contributed by atoms with E-state index in [4.69, 9.17) is 0 Å². The van der Waals surface area contributed by atoms with E-state index in [2.05, 4.69) is 19.2 Å². The summed E-state index contributed by atoms with van der Waals surface area (Å²) in [6.07, 6.45) is -0.947. The SMILES string of the molecule is CC1CCCC(NC(=O)Cc2ccc(C(F)(F)F)cc2)C1C. The highest BCUT2D eigenvalue weighted by molar-refractivity contribution is 5.78. The van der Waals surface area contributed by atoms with Gasteiger partial charge in [0.2, 0.25) is 5.91 Å². The Hall–Kier alpha value is -1.52. The predicted molar refractivity (Wildman–Crippen MR) is 79.3 cm³/mol. The van der Waals surface area contributed by atoms with Crippen molar-refractivity contribution in [1.29, 1.82) is 0 Å². The Kier molecular flexibility index (Phi) is 5.14. The van der Waals surface area contributed by atoms with Crippen molar-refractivity contribution in [1.82, 2.24) is 5.32 Å². The molecule has 1 aromatic rings. The lowest BCUT2D eigenvalue weighted by Gasteiger charge is -2.34. The van der Waals surface area contributed by atoms with Crippen molar-refractivity contribution in [2.45, 2.75) is 51.7 Å². The molecular weight excluding hydrogens is 291 g/mol. The van der Waals surface area contributed by atoms with Gasteiger partial charge in [0.05, 0.1) is 12.0 Å². The average Bonchev–Trinajstić information content (AvgIpc) is 2.43. The van der Waals surface area contributed by atoms with E-state index >= 15 is 0 Å². The maximum atomic E-state index is 12.5. The fourth-order valence-electron chi connectivity index (χ4n) is 3.04. The molecule has 1 N–H and O–H groups in total. The maximum absolute atomic E-state index is 12.5. The number of hydrogen-bond acceptors (Lipinski definition) is 1. The van der Waals surface area contributed by atoms with Gasteiger partial charge in [-0.05, 0) is 36.0 Å². The molecule has 1 fully saturated rings. The van der Waals surface area contributed by atoms with Crippen LogP contribution in [0, 0.1) is 11.8 Å². The minimum absolute atomic E-state index is 0.120. The molecule has 0 aromatic heterocycles. The first-order valence-corrected chi connectivity index (χ1v) is 7.73. The molecule has 2 rings (SSSR count). The number of rotatable bonds is 3. The second-order valence-electron chi connectivity index (χ2n) is 6.31. The second kappa shape index (κ2) is 6.71. The number of hydrogen-bond donors (Lipinski definition) is 1. The first-order chi connectivity index (χ1) is 10.3. The zero-order valence-corrected chi connectivity index (χ0v) is 12.9. The number of halogens is 3. The Morgan fingerprint density at radius 1 is 1.18 bits per heavy atom. The number of amides is 1. The zero-order valence-electron chi connectivity index (χ0n) is 12.9. The number of benzene rings is 1. The van der Waals surface area contributed by atoms with E-state index in [0.29, 0.717) is 17.4 Å². The van der Waals surface area contributed by atoms with Gasteiger partial charge in [-0.3, -0.25) is 4.79 Å². The van der Waals surface area contributed by atoms with Crippen molar-refractivity contribution < 1.29 is 18.0 Å². The van der Waals surface area contributed by atoms with Crippen LogP contribution in [0.5, 0.6) is 0 Å². The van der Waals surface area contributed by atoms with Crippen LogP contribution in [0.3, 0.4) is 0 Å². The van der Waals surface area contributed by atoms with Crippen LogP contribution >= 0.6 is 0 Å². The normalized spacial score (nSPS) is 25.8. The van der Waals surface area contributed by atoms with Gasteiger partial charge >= 0.3 is 6.18 Å². The zero-order chi connectivity index (χ0) is 16.3. The van der Waals surface area contributed by atoms with Gasteiger partial charge < -0.3 is 5.32 Å². The Bertz CT molecular complexity index is 510. The van der Waals surface area contributed by atoms with Crippen LogP contribution < -0.4 is 5.32 Å². The molecule has 1 aliphatic rings. The summed E-state index contributed by atoms with van der Waals surface area (Å²) in [5, 5.41) is 3.03. The molecule has 0 radical (unpaired) electrons. The van der Waals surface area contributed by atoms with Crippen LogP contribution in [-0.4, -0.2) is 11.9 Å². The van der Waals surface area contributed by atoms with Crippen LogP contribution in [0.1, 0.15) is 44.2 Å². The van der Waals surface area contributed by atoms with Crippen molar-refractivity contribution in [2.75, 3.05) is 0 Å². The number of alkyl halides is 3. The van der Waals surface area contributed by atoms with Crippen molar-refractivity contribution >= 4 is 5.91 Å². The van der Waals surface area contributed by atoms with Crippen LogP contribution in [-0.2, 0) is 17.4 Å². The predicted octanol–water partition coefficient (Wildman–Crippen LogP) is 4.19. The molecule has 0 heterocycles. The topological polar surface area (TPSA) is 29.1 Å². The molecule has 1 aromatic carbocycles. The van der Waals surface area contributed by atoms with Crippen LogP contribution in [0.25, 0.3) is 0 Å². The molecule has 1 saturated carbocycles. The fraction of sp³-hybridized carbons (Fsp3) is 0.588. The van der Waals surface area contributed by atoms with Crippen LogP contribution in [0.15, 0.2) is 24.3 Å². The molecular formula is C17H22F3NO. The summed E-state index contributed by atoms with van der Waals surface area (Å²) in [6, 6.07) is 4.96. The highest BCUT2D eigenvalue weighted by Gasteiger charge is 2.30. The molecule has 0 bridgehead atoms. The van der Waals surface area contributed by atoms with Crippen molar-refractivity contribution in [3.05, 3.63) is 35.4 Å². The monoisotopic (exact) mass is 313 g/mol. The minimum Gasteiger partial charge on any atom is -0.353 e. The second-order valence-corrected chi connectivity index (χ2v) is 6.31. The summed E-state index contributed by atoms with van der Waals surface area (Å²) < 4.78 is 37.5. The largest absolute Gasteiger partial charge is 0.416 e. The highest BCUT2D eigenvalue weighted by atomic mass is 19.4. The smallest absolute Gasteiger partial charge is 0.353 e. The summed E-state index contributed by atoms with van der Waals surface area (Å²) in [7, 11) is 0. The molecule has 0 aliphatic heterocycles. The third kappa shape index (κ3) is 4.24. The number of carbonyl (C=O) groups excluding carboxylic acids is 1. The fourth-order valence-corrected chi connectivity index (χ4v) is 3.04. The van der Waals surface area contributed by atoms with Gasteiger partial charge in [-0.1, -0.05) is 38.8 Å². The van der Waals surface area contributed by atoms with Crippen LogP contribution in [0.2, 0.25) is 0 Å². The van der Waals surface area contributed by atoms with Crippen LogP contribution in [0.4, 0.5) is 13.2 Å². The molecule has 0 spiro atoms. The van der Waals surface area contributed by atoms with Gasteiger partial charge in [-0.2, -0.15) is 13.2 Å². The first-order valence-electron chi connectivity index (χ1n) is 7.73.